The second-order valence-electron chi connectivity index (χ2n) is 8.43. The van der Waals surface area contributed by atoms with Crippen molar-refractivity contribution in [1.82, 2.24) is 15.0 Å². The summed E-state index contributed by atoms with van der Waals surface area (Å²) in [7, 11) is 0. The van der Waals surface area contributed by atoms with Gasteiger partial charge in [0.05, 0.1) is 22.4 Å². The third-order valence-electron chi connectivity index (χ3n) is 5.53. The van der Waals surface area contributed by atoms with Gasteiger partial charge >= 0.3 is 0 Å². The molecule has 0 radical (unpaired) electrons. The molecule has 1 aliphatic carbocycles. The van der Waals surface area contributed by atoms with E-state index in [4.69, 9.17) is 4.98 Å². The molecule has 1 aliphatic rings. The predicted octanol–water partition coefficient (Wildman–Crippen LogP) is 4.11. The molecule has 1 unspecified atom stereocenters. The maximum Gasteiger partial charge on any atom is 0.272 e. The molecule has 3 heterocycles. The zero-order valence-electron chi connectivity index (χ0n) is 15.8. The number of carbonyl (C=O) groups excluding carboxylic acids is 2. The topological polar surface area (TPSA) is 90.6 Å². The molecule has 0 spiro atoms. The molecule has 0 saturated carbocycles. The summed E-state index contributed by atoms with van der Waals surface area (Å²) in [5, 5.41) is 2.78. The third-order valence-corrected chi connectivity index (χ3v) is 5.53. The minimum absolute atomic E-state index is 0.255. The molecular formula is C21H24N4O2. The number of hydrogen-bond donors (Lipinski definition) is 3. The number of anilines is 1. The number of nitrogens with one attached hydrogen (secondary N) is 3. The van der Waals surface area contributed by atoms with Crippen molar-refractivity contribution < 1.29 is 9.59 Å². The van der Waals surface area contributed by atoms with Crippen LogP contribution >= 0.6 is 0 Å². The monoisotopic (exact) mass is 364 g/mol. The van der Waals surface area contributed by atoms with Gasteiger partial charge in [-0.15, -0.1) is 0 Å². The molecule has 0 saturated heterocycles. The molecule has 0 aliphatic heterocycles. The van der Waals surface area contributed by atoms with Gasteiger partial charge in [-0.1, -0.05) is 20.8 Å². The Bertz CT molecular complexity index is 1020. The molecule has 140 valence electrons. The van der Waals surface area contributed by atoms with E-state index in [0.29, 0.717) is 29.3 Å². The van der Waals surface area contributed by atoms with Gasteiger partial charge in [0.15, 0.2) is 6.29 Å². The number of aldehydes is 1. The number of nitrogens with zero attached hydrogens (tertiary/aromatic N) is 1. The summed E-state index contributed by atoms with van der Waals surface area (Å²) in [5.74, 6) is 0.387. The quantitative estimate of drug-likeness (QED) is 0.611. The van der Waals surface area contributed by atoms with Gasteiger partial charge in [0, 0.05) is 11.9 Å². The fourth-order valence-electron chi connectivity index (χ4n) is 3.82. The Hall–Kier alpha value is -2.89. The average Bonchev–Trinajstić information content (AvgIpc) is 3.24. The smallest absolute Gasteiger partial charge is 0.272 e. The molecule has 3 aromatic rings. The molecule has 4 rings (SSSR count). The minimum Gasteiger partial charge on any atom is -0.357 e. The van der Waals surface area contributed by atoms with Gasteiger partial charge < -0.3 is 15.3 Å². The molecule has 1 amide bonds. The van der Waals surface area contributed by atoms with Crippen molar-refractivity contribution in [2.45, 2.75) is 40.0 Å². The number of carbonyl (C=O) groups is 2. The van der Waals surface area contributed by atoms with Crippen LogP contribution in [-0.2, 0) is 12.8 Å². The fourth-order valence-corrected chi connectivity index (χ4v) is 3.82. The molecule has 6 heteroatoms. The highest BCUT2D eigenvalue weighted by molar-refractivity contribution is 6.05. The molecule has 0 fully saturated rings. The number of fused-ring (bicyclic) bond motifs is 2. The molecule has 1 atom stereocenters. The van der Waals surface area contributed by atoms with Crippen molar-refractivity contribution in [3.63, 3.8) is 0 Å². The van der Waals surface area contributed by atoms with Crippen LogP contribution in [0.3, 0.4) is 0 Å². The number of pyridine rings is 1. The van der Waals surface area contributed by atoms with E-state index in [1.54, 1.807) is 18.3 Å². The van der Waals surface area contributed by atoms with E-state index in [1.165, 1.54) is 5.56 Å². The van der Waals surface area contributed by atoms with Crippen LogP contribution in [0.25, 0.3) is 11.0 Å². The van der Waals surface area contributed by atoms with Gasteiger partial charge in [0.25, 0.3) is 5.91 Å². The zero-order chi connectivity index (χ0) is 19.2. The predicted molar refractivity (Wildman–Crippen MR) is 105 cm³/mol. The van der Waals surface area contributed by atoms with Crippen molar-refractivity contribution >= 4 is 28.9 Å². The number of aromatic nitrogens is 3. The Morgan fingerprint density at radius 2 is 2.11 bits per heavy atom. The second kappa shape index (κ2) is 6.37. The third kappa shape index (κ3) is 3.39. The summed E-state index contributed by atoms with van der Waals surface area (Å²) in [6.07, 6.45) is 5.46. The van der Waals surface area contributed by atoms with Gasteiger partial charge in [-0.3, -0.25) is 14.6 Å². The molecule has 3 aromatic heterocycles. The summed E-state index contributed by atoms with van der Waals surface area (Å²) in [6.45, 7) is 6.88. The van der Waals surface area contributed by atoms with E-state index in [9.17, 15) is 9.59 Å². The van der Waals surface area contributed by atoms with Crippen LogP contribution in [0.2, 0.25) is 0 Å². The van der Waals surface area contributed by atoms with Crippen LogP contribution in [0.1, 0.15) is 59.4 Å². The lowest BCUT2D eigenvalue weighted by atomic mass is 9.71. The number of aromatic amines is 2. The molecule has 6 nitrogen and oxygen atoms in total. The highest BCUT2D eigenvalue weighted by Gasteiger charge is 2.29. The largest absolute Gasteiger partial charge is 0.357 e. The molecule has 3 N–H and O–H groups in total. The van der Waals surface area contributed by atoms with Crippen molar-refractivity contribution in [2.75, 3.05) is 5.32 Å². The van der Waals surface area contributed by atoms with Crippen LogP contribution in [0.4, 0.5) is 5.69 Å². The van der Waals surface area contributed by atoms with Crippen molar-refractivity contribution in [3.05, 3.63) is 47.0 Å². The molecular weight excluding hydrogens is 340 g/mol. The van der Waals surface area contributed by atoms with Crippen LogP contribution in [0.15, 0.2) is 24.4 Å². The van der Waals surface area contributed by atoms with Gasteiger partial charge in [0.2, 0.25) is 0 Å². The first-order valence-electron chi connectivity index (χ1n) is 9.30. The van der Waals surface area contributed by atoms with E-state index in [2.05, 4.69) is 42.1 Å². The molecule has 0 aromatic carbocycles. The Morgan fingerprint density at radius 1 is 1.30 bits per heavy atom. The summed E-state index contributed by atoms with van der Waals surface area (Å²) < 4.78 is 0. The van der Waals surface area contributed by atoms with E-state index in [1.807, 2.05) is 0 Å². The van der Waals surface area contributed by atoms with E-state index < -0.39 is 0 Å². The SMILES string of the molecule is CC(C)(C)C1CCc2nc3cc(C(=O)Nc4c[nH]c(C=O)c4)[nH]c3cc2C1. The van der Waals surface area contributed by atoms with Gasteiger partial charge in [-0.05, 0) is 54.4 Å². The first-order chi connectivity index (χ1) is 12.8. The number of H-pyrrole nitrogens is 2. The first kappa shape index (κ1) is 17.5. The minimum atomic E-state index is -0.255. The van der Waals surface area contributed by atoms with Crippen LogP contribution < -0.4 is 5.32 Å². The second-order valence-corrected chi connectivity index (χ2v) is 8.43. The Morgan fingerprint density at radius 3 is 2.81 bits per heavy atom. The Kier molecular flexibility index (Phi) is 4.13. The van der Waals surface area contributed by atoms with E-state index in [-0.39, 0.29) is 11.3 Å². The maximum atomic E-state index is 12.5. The highest BCUT2D eigenvalue weighted by atomic mass is 16.2. The number of rotatable bonds is 3. The number of hydrogen-bond acceptors (Lipinski definition) is 3. The average molecular weight is 364 g/mol. The zero-order valence-corrected chi connectivity index (χ0v) is 15.8. The van der Waals surface area contributed by atoms with E-state index >= 15 is 0 Å². The maximum absolute atomic E-state index is 12.5. The van der Waals surface area contributed by atoms with Crippen LogP contribution in [0, 0.1) is 11.3 Å². The summed E-state index contributed by atoms with van der Waals surface area (Å²) >= 11 is 0. The van der Waals surface area contributed by atoms with Crippen molar-refractivity contribution in [1.29, 1.82) is 0 Å². The summed E-state index contributed by atoms with van der Waals surface area (Å²) in [5.41, 5.74) is 5.85. The lowest BCUT2D eigenvalue weighted by Gasteiger charge is -2.34. The normalized spacial score (nSPS) is 16.9. The first-order valence-corrected chi connectivity index (χ1v) is 9.30. The standard InChI is InChI=1S/C21H24N4O2/c1-21(2,3)13-4-5-16-12(6-13)7-17-18(24-16)9-19(25-17)20(27)23-14-8-15(11-26)22-10-14/h7-11,13,22,25H,4-6H2,1-3H3,(H,23,27). The number of aryl methyl sites for hydroxylation is 1. The van der Waals surface area contributed by atoms with Crippen LogP contribution in [0.5, 0.6) is 0 Å². The van der Waals surface area contributed by atoms with Gasteiger partial charge in [-0.25, -0.2) is 0 Å². The number of amides is 1. The fraction of sp³-hybridized carbons (Fsp3) is 0.381. The van der Waals surface area contributed by atoms with Crippen molar-refractivity contribution in [3.8, 4) is 0 Å². The lowest BCUT2D eigenvalue weighted by Crippen LogP contribution is -2.27. The summed E-state index contributed by atoms with van der Waals surface area (Å²) in [6, 6.07) is 5.53. The highest BCUT2D eigenvalue weighted by Crippen LogP contribution is 2.37. The summed E-state index contributed by atoms with van der Waals surface area (Å²) in [4.78, 5) is 34.0. The van der Waals surface area contributed by atoms with Crippen LogP contribution in [-0.4, -0.2) is 27.1 Å². The lowest BCUT2D eigenvalue weighted by molar-refractivity contribution is 0.102. The van der Waals surface area contributed by atoms with Gasteiger partial charge in [-0.2, -0.15) is 0 Å². The molecule has 0 bridgehead atoms. The van der Waals surface area contributed by atoms with E-state index in [0.717, 1.165) is 36.0 Å². The Balaban J connectivity index is 1.59. The Labute approximate surface area is 157 Å². The van der Waals surface area contributed by atoms with Gasteiger partial charge in [0.1, 0.15) is 5.69 Å². The van der Waals surface area contributed by atoms with Crippen molar-refractivity contribution in [2.24, 2.45) is 11.3 Å². The molecule has 27 heavy (non-hydrogen) atoms.